The minimum atomic E-state index is 0.224. The first kappa shape index (κ1) is 19.5. The molecule has 4 nitrogen and oxygen atoms in total. The van der Waals surface area contributed by atoms with Gasteiger partial charge in [-0.15, -0.1) is 0 Å². The zero-order valence-corrected chi connectivity index (χ0v) is 17.2. The van der Waals surface area contributed by atoms with Crippen molar-refractivity contribution >= 4 is 46.4 Å². The second-order valence-corrected chi connectivity index (χ2v) is 8.98. The van der Waals surface area contributed by atoms with Crippen LogP contribution >= 0.6 is 24.0 Å². The van der Waals surface area contributed by atoms with Crippen molar-refractivity contribution in [3.63, 3.8) is 0 Å². The summed E-state index contributed by atoms with van der Waals surface area (Å²) in [6.07, 6.45) is 8.55. The summed E-state index contributed by atoms with van der Waals surface area (Å²) in [6, 6.07) is 6.08. The van der Waals surface area contributed by atoms with Crippen molar-refractivity contribution < 1.29 is 4.79 Å². The summed E-state index contributed by atoms with van der Waals surface area (Å²) in [7, 11) is 0. The fraction of sp³-hybridized carbons (Fsp3) is 0.600. The Morgan fingerprint density at radius 2 is 2.08 bits per heavy atom. The molecule has 0 atom stereocenters. The fourth-order valence-electron chi connectivity index (χ4n) is 3.74. The maximum absolute atomic E-state index is 11.9. The second-order valence-electron chi connectivity index (χ2n) is 7.16. The Morgan fingerprint density at radius 3 is 2.77 bits per heavy atom. The van der Waals surface area contributed by atoms with Gasteiger partial charge in [0.1, 0.15) is 0 Å². The highest BCUT2D eigenvalue weighted by atomic mass is 32.2. The van der Waals surface area contributed by atoms with Crippen LogP contribution in [0, 0.1) is 6.92 Å². The number of hydrogen-bond donors (Lipinski definition) is 2. The molecule has 3 rings (SSSR count). The lowest BCUT2D eigenvalue weighted by atomic mass is 10.0. The Morgan fingerprint density at radius 1 is 1.27 bits per heavy atom. The monoisotopic (exact) mass is 391 g/mol. The van der Waals surface area contributed by atoms with Gasteiger partial charge in [0.25, 0.3) is 0 Å². The van der Waals surface area contributed by atoms with Crippen molar-refractivity contribution in [2.24, 2.45) is 0 Å². The normalized spacial score (nSPS) is 18.2. The number of anilines is 2. The van der Waals surface area contributed by atoms with Gasteiger partial charge in [0, 0.05) is 41.9 Å². The Bertz CT molecular complexity index is 644. The summed E-state index contributed by atoms with van der Waals surface area (Å²) in [6.45, 7) is 3.76. The van der Waals surface area contributed by atoms with E-state index < -0.39 is 0 Å². The smallest absolute Gasteiger partial charge is 0.227 e. The van der Waals surface area contributed by atoms with Gasteiger partial charge in [0.15, 0.2) is 5.11 Å². The largest absolute Gasteiger partial charge is 0.362 e. The Hall–Kier alpha value is -1.27. The molecular formula is C20H29N3OS2. The summed E-state index contributed by atoms with van der Waals surface area (Å²) in [5, 5.41) is 8.07. The van der Waals surface area contributed by atoms with E-state index in [9.17, 15) is 4.79 Å². The molecule has 1 aliphatic carbocycles. The van der Waals surface area contributed by atoms with Crippen LogP contribution < -0.4 is 15.5 Å². The van der Waals surface area contributed by atoms with Gasteiger partial charge in [-0.3, -0.25) is 4.79 Å². The van der Waals surface area contributed by atoms with Crippen molar-refractivity contribution in [3.8, 4) is 0 Å². The van der Waals surface area contributed by atoms with Crippen LogP contribution in [-0.2, 0) is 4.79 Å². The number of amides is 1. The first-order valence-electron chi connectivity index (χ1n) is 9.71. The van der Waals surface area contributed by atoms with Crippen molar-refractivity contribution in [1.82, 2.24) is 5.32 Å². The van der Waals surface area contributed by atoms with Gasteiger partial charge in [-0.1, -0.05) is 19.3 Å². The fourth-order valence-corrected chi connectivity index (χ4v) is 5.18. The minimum absolute atomic E-state index is 0.224. The molecule has 2 aliphatic rings. The van der Waals surface area contributed by atoms with Crippen LogP contribution in [0.2, 0.25) is 0 Å². The molecule has 0 aromatic heterocycles. The first-order valence-corrected chi connectivity index (χ1v) is 11.2. The van der Waals surface area contributed by atoms with E-state index >= 15 is 0 Å². The average Bonchev–Trinajstić information content (AvgIpc) is 3.06. The molecule has 26 heavy (non-hydrogen) atoms. The van der Waals surface area contributed by atoms with Gasteiger partial charge in [-0.25, -0.2) is 0 Å². The van der Waals surface area contributed by atoms with E-state index in [0.29, 0.717) is 11.5 Å². The lowest BCUT2D eigenvalue weighted by Gasteiger charge is -2.21. The zero-order valence-electron chi connectivity index (χ0n) is 15.6. The highest BCUT2D eigenvalue weighted by molar-refractivity contribution is 7.99. The van der Waals surface area contributed by atoms with Crippen LogP contribution in [0.5, 0.6) is 0 Å². The third kappa shape index (κ3) is 5.36. The number of benzene rings is 1. The third-order valence-electron chi connectivity index (χ3n) is 5.11. The van der Waals surface area contributed by atoms with Crippen LogP contribution in [-0.4, -0.2) is 35.1 Å². The molecule has 0 bridgehead atoms. The zero-order chi connectivity index (χ0) is 18.4. The molecule has 142 valence electrons. The number of hydrogen-bond acceptors (Lipinski definition) is 3. The maximum Gasteiger partial charge on any atom is 0.227 e. The lowest BCUT2D eigenvalue weighted by Crippen LogP contribution is -2.30. The Kier molecular flexibility index (Phi) is 7.20. The lowest BCUT2D eigenvalue weighted by molar-refractivity contribution is -0.117. The number of aryl methyl sites for hydroxylation is 1. The number of carbonyl (C=O) groups excluding carboxylic acids is 1. The highest BCUT2D eigenvalue weighted by Crippen LogP contribution is 2.28. The molecule has 1 saturated carbocycles. The van der Waals surface area contributed by atoms with E-state index in [1.165, 1.54) is 32.1 Å². The Labute approximate surface area is 166 Å². The quantitative estimate of drug-likeness (QED) is 0.553. The Balaban J connectivity index is 1.42. The number of rotatable bonds is 6. The van der Waals surface area contributed by atoms with Crippen LogP contribution in [0.1, 0.15) is 50.5 Å². The topological polar surface area (TPSA) is 44.4 Å². The van der Waals surface area contributed by atoms with E-state index in [1.54, 1.807) is 0 Å². The minimum Gasteiger partial charge on any atom is -0.362 e. The molecular weight excluding hydrogens is 362 g/mol. The molecule has 1 heterocycles. The molecule has 1 aromatic carbocycles. The van der Waals surface area contributed by atoms with E-state index in [0.717, 1.165) is 47.5 Å². The van der Waals surface area contributed by atoms with E-state index in [1.807, 2.05) is 24.0 Å². The second kappa shape index (κ2) is 9.60. The summed E-state index contributed by atoms with van der Waals surface area (Å²) in [5.74, 6) is 1.32. The molecule has 1 saturated heterocycles. The SMILES string of the molecule is Cc1cc(NC(=S)NCCSC2CCCCC2)ccc1N1CCCC1=O. The van der Waals surface area contributed by atoms with E-state index in [2.05, 4.69) is 28.5 Å². The molecule has 1 amide bonds. The number of nitrogens with one attached hydrogen (secondary N) is 2. The molecule has 0 radical (unpaired) electrons. The van der Waals surface area contributed by atoms with Crippen molar-refractivity contribution in [2.45, 2.75) is 57.1 Å². The van der Waals surface area contributed by atoms with E-state index in [-0.39, 0.29) is 5.91 Å². The average molecular weight is 392 g/mol. The van der Waals surface area contributed by atoms with E-state index in [4.69, 9.17) is 12.2 Å². The molecule has 1 aliphatic heterocycles. The number of thiocarbonyl (C=S) groups is 1. The summed E-state index contributed by atoms with van der Waals surface area (Å²) < 4.78 is 0. The summed E-state index contributed by atoms with van der Waals surface area (Å²) in [4.78, 5) is 13.8. The number of nitrogens with zero attached hydrogens (tertiary/aromatic N) is 1. The van der Waals surface area contributed by atoms with Gasteiger partial charge >= 0.3 is 0 Å². The number of carbonyl (C=O) groups is 1. The predicted molar refractivity (Wildman–Crippen MR) is 116 cm³/mol. The third-order valence-corrected chi connectivity index (χ3v) is 6.74. The van der Waals surface area contributed by atoms with Crippen LogP contribution in [0.3, 0.4) is 0 Å². The van der Waals surface area contributed by atoms with Crippen molar-refractivity contribution in [2.75, 3.05) is 29.1 Å². The standard InChI is InChI=1S/C20H29N3OS2/c1-15-14-16(9-10-18(15)23-12-5-8-19(23)24)22-20(25)21-11-13-26-17-6-3-2-4-7-17/h9-10,14,17H,2-8,11-13H2,1H3,(H2,21,22,25). The van der Waals surface area contributed by atoms with Crippen LogP contribution in [0.15, 0.2) is 18.2 Å². The highest BCUT2D eigenvalue weighted by Gasteiger charge is 2.22. The maximum atomic E-state index is 11.9. The summed E-state index contributed by atoms with van der Waals surface area (Å²) in [5.41, 5.74) is 3.08. The molecule has 6 heteroatoms. The van der Waals surface area contributed by atoms with Crippen LogP contribution in [0.25, 0.3) is 0 Å². The predicted octanol–water partition coefficient (Wildman–Crippen LogP) is 4.47. The van der Waals surface area contributed by atoms with Gasteiger partial charge in [0.05, 0.1) is 0 Å². The summed E-state index contributed by atoms with van der Waals surface area (Å²) >= 11 is 7.49. The molecule has 2 N–H and O–H groups in total. The first-order chi connectivity index (χ1) is 12.6. The molecule has 0 unspecified atom stereocenters. The number of thioether (sulfide) groups is 1. The van der Waals surface area contributed by atoms with Crippen molar-refractivity contribution in [3.05, 3.63) is 23.8 Å². The van der Waals surface area contributed by atoms with Gasteiger partial charge in [-0.2, -0.15) is 11.8 Å². The molecule has 2 fully saturated rings. The molecule has 1 aromatic rings. The van der Waals surface area contributed by atoms with Gasteiger partial charge in [0.2, 0.25) is 5.91 Å². The van der Waals surface area contributed by atoms with Crippen molar-refractivity contribution in [1.29, 1.82) is 0 Å². The van der Waals surface area contributed by atoms with Crippen LogP contribution in [0.4, 0.5) is 11.4 Å². The van der Waals surface area contributed by atoms with Gasteiger partial charge in [-0.05, 0) is 62.2 Å². The molecule has 0 spiro atoms. The van der Waals surface area contributed by atoms with Gasteiger partial charge < -0.3 is 15.5 Å².